The number of ether oxygens (including phenoxy) is 1. The molecule has 12 N–H and O–H groups in total. The molecule has 0 radical (unpaired) electrons. The second-order valence-corrected chi connectivity index (χ2v) is 22.4. The Morgan fingerprint density at radius 1 is 0.467 bits per heavy atom. The third-order valence-corrected chi connectivity index (χ3v) is 14.7. The summed E-state index contributed by atoms with van der Waals surface area (Å²) < 4.78 is 5.84. The highest BCUT2D eigenvalue weighted by atomic mass is 16.5. The standard InChI is InChI=1S/C55H98N8O12/c1-13-33(10)46-28-40(65)24-36(16-19-56)50(69)62-48(34(11)14-2)45(68)26-38(18-21-58)52(71)63-49(35(12)15-3)54(73)59-41(23-31(6)7)43(66)25-37(17-20-57)51(70)61-47(32(8)9)44(67)27-39(22-30(4)5)53(72)60-42(29-64)55(74)75-46/h30-39,41-42,46-49,64H,13-29,56-58H2,1-12H3,(H,59,73)(H,60,72)(H,61,70)(H,62,69)(H,63,71)/t33?,34-,35?,36?,37?,38?,39?,41?,42?,46?,47?,48+,49?/m1/s1. The summed E-state index contributed by atoms with van der Waals surface area (Å²) in [5, 5.41) is 24.3. The Kier molecular flexibility index (Phi) is 31.8. The number of aliphatic hydroxyl groups excluding tert-OH is 1. The second-order valence-electron chi connectivity index (χ2n) is 22.4. The van der Waals surface area contributed by atoms with Gasteiger partial charge in [0.1, 0.15) is 17.9 Å². The maximum Gasteiger partial charge on any atom is 0.331 e. The van der Waals surface area contributed by atoms with E-state index in [-0.39, 0.29) is 102 Å². The monoisotopic (exact) mass is 1060 g/mol. The fraction of sp³-hybridized carbons (Fsp3) is 0.818. The van der Waals surface area contributed by atoms with Gasteiger partial charge in [-0.2, -0.15) is 0 Å². The van der Waals surface area contributed by atoms with Crippen molar-refractivity contribution in [1.82, 2.24) is 26.6 Å². The van der Waals surface area contributed by atoms with Crippen LogP contribution in [0.3, 0.4) is 0 Å². The number of rotatable bonds is 18. The minimum Gasteiger partial charge on any atom is -0.460 e. The van der Waals surface area contributed by atoms with Crippen LogP contribution in [0.15, 0.2) is 0 Å². The van der Waals surface area contributed by atoms with Crippen LogP contribution < -0.4 is 43.8 Å². The molecule has 0 saturated carbocycles. The molecule has 1 fully saturated rings. The Morgan fingerprint density at radius 3 is 1.32 bits per heavy atom. The molecule has 0 aliphatic carbocycles. The number of aliphatic hydroxyl groups is 1. The summed E-state index contributed by atoms with van der Waals surface area (Å²) in [6.45, 7) is 20.9. The number of hydrogen-bond acceptors (Lipinski definition) is 15. The van der Waals surface area contributed by atoms with Crippen LogP contribution in [0.2, 0.25) is 0 Å². The predicted octanol–water partition coefficient (Wildman–Crippen LogP) is 2.95. The third kappa shape index (κ3) is 23.2. The van der Waals surface area contributed by atoms with Gasteiger partial charge < -0.3 is 53.6 Å². The van der Waals surface area contributed by atoms with E-state index in [0.29, 0.717) is 19.3 Å². The van der Waals surface area contributed by atoms with Crippen molar-refractivity contribution in [1.29, 1.82) is 0 Å². The predicted molar refractivity (Wildman–Crippen MR) is 287 cm³/mol. The number of amides is 5. The summed E-state index contributed by atoms with van der Waals surface area (Å²) >= 11 is 0. The molecule has 1 aliphatic rings. The Hall–Kier alpha value is -4.66. The van der Waals surface area contributed by atoms with E-state index in [4.69, 9.17) is 21.9 Å². The molecule has 0 spiro atoms. The Morgan fingerprint density at radius 2 is 0.867 bits per heavy atom. The Labute approximate surface area is 447 Å². The van der Waals surface area contributed by atoms with E-state index in [0.717, 1.165) is 0 Å². The van der Waals surface area contributed by atoms with Crippen LogP contribution in [0.4, 0.5) is 0 Å². The topological polar surface area (TPSA) is 338 Å². The second kappa shape index (κ2) is 34.9. The summed E-state index contributed by atoms with van der Waals surface area (Å²) in [4.78, 5) is 141. The van der Waals surface area contributed by atoms with E-state index >= 15 is 0 Å². The molecule has 1 aliphatic heterocycles. The highest BCUT2D eigenvalue weighted by Gasteiger charge is 2.39. The fourth-order valence-corrected chi connectivity index (χ4v) is 9.38. The number of cyclic esters (lactones) is 1. The molecule has 430 valence electrons. The average molecular weight is 1060 g/mol. The van der Waals surface area contributed by atoms with Gasteiger partial charge in [0.2, 0.25) is 29.5 Å². The quantitative estimate of drug-likeness (QED) is 0.0892. The van der Waals surface area contributed by atoms with Gasteiger partial charge in [0, 0.05) is 55.8 Å². The van der Waals surface area contributed by atoms with Crippen molar-refractivity contribution in [3.05, 3.63) is 0 Å². The first-order chi connectivity index (χ1) is 35.2. The van der Waals surface area contributed by atoms with Crippen molar-refractivity contribution in [2.24, 2.45) is 76.4 Å². The zero-order chi connectivity index (χ0) is 57.3. The highest BCUT2D eigenvalue weighted by molar-refractivity contribution is 5.98. The number of carbonyl (C=O) groups is 10. The molecule has 20 heteroatoms. The van der Waals surface area contributed by atoms with Crippen molar-refractivity contribution >= 4 is 58.6 Å². The van der Waals surface area contributed by atoms with Crippen molar-refractivity contribution in [2.75, 3.05) is 26.2 Å². The van der Waals surface area contributed by atoms with E-state index in [1.54, 1.807) is 34.6 Å². The summed E-state index contributed by atoms with van der Waals surface area (Å²) in [6, 6.07) is -5.99. The van der Waals surface area contributed by atoms with Crippen LogP contribution in [0.1, 0.15) is 167 Å². The van der Waals surface area contributed by atoms with Crippen molar-refractivity contribution < 1.29 is 57.8 Å². The van der Waals surface area contributed by atoms with E-state index in [1.165, 1.54) is 0 Å². The molecule has 1 saturated heterocycles. The van der Waals surface area contributed by atoms with Crippen molar-refractivity contribution in [3.63, 3.8) is 0 Å². The van der Waals surface area contributed by atoms with Crippen molar-refractivity contribution in [2.45, 2.75) is 203 Å². The summed E-state index contributed by atoms with van der Waals surface area (Å²) in [7, 11) is 0. The van der Waals surface area contributed by atoms with E-state index in [2.05, 4.69) is 26.6 Å². The number of hydrogen-bond donors (Lipinski definition) is 9. The summed E-state index contributed by atoms with van der Waals surface area (Å²) in [5.41, 5.74) is 17.9. The van der Waals surface area contributed by atoms with Gasteiger partial charge in [0.05, 0.1) is 24.7 Å². The SMILES string of the molecule is CCC(C)C1CC(=O)CC(CCN)C(=O)N[C@@H]([C@H](C)CC)C(=O)CC(CCN)C(=O)NC(C(C)CC)C(=O)NC(CC(C)C)C(=O)CC(CCN)C(=O)NC(C(C)C)C(=O)CC(CC(C)C)C(=O)NC(CO)C(=O)O1. The number of carbonyl (C=O) groups excluding carboxylic acids is 10. The Bertz CT molecular complexity index is 1880. The zero-order valence-corrected chi connectivity index (χ0v) is 47.4. The molecule has 0 aromatic rings. The van der Waals surface area contributed by atoms with Gasteiger partial charge in [-0.3, -0.25) is 43.2 Å². The first-order valence-corrected chi connectivity index (χ1v) is 27.8. The molecular formula is C55H98N8O12. The number of ketones is 4. The molecule has 20 nitrogen and oxygen atoms in total. The summed E-state index contributed by atoms with van der Waals surface area (Å²) in [6.07, 6.45) is -0.734. The first kappa shape index (κ1) is 68.4. The van der Waals surface area contributed by atoms with Crippen LogP contribution >= 0.6 is 0 Å². The van der Waals surface area contributed by atoms with Crippen LogP contribution in [-0.4, -0.2) is 126 Å². The lowest BCUT2D eigenvalue weighted by molar-refractivity contribution is -0.158. The van der Waals surface area contributed by atoms with E-state index in [1.807, 2.05) is 48.5 Å². The molecular weight excluding hydrogens is 965 g/mol. The molecule has 1 rings (SSSR count). The van der Waals surface area contributed by atoms with Gasteiger partial charge in [0.15, 0.2) is 23.4 Å². The lowest BCUT2D eigenvalue weighted by atomic mass is 9.86. The van der Waals surface area contributed by atoms with Crippen LogP contribution in [-0.2, 0) is 52.7 Å². The average Bonchev–Trinajstić information content (AvgIpc) is 3.34. The molecule has 75 heavy (non-hydrogen) atoms. The highest BCUT2D eigenvalue weighted by Crippen LogP contribution is 2.25. The molecule has 0 bridgehead atoms. The van der Waals surface area contributed by atoms with Gasteiger partial charge in [0.25, 0.3) is 0 Å². The first-order valence-electron chi connectivity index (χ1n) is 27.8. The smallest absolute Gasteiger partial charge is 0.331 e. The third-order valence-electron chi connectivity index (χ3n) is 14.7. The van der Waals surface area contributed by atoms with Gasteiger partial charge >= 0.3 is 5.97 Å². The van der Waals surface area contributed by atoms with Gasteiger partial charge in [-0.25, -0.2) is 4.79 Å². The normalized spacial score (nSPS) is 28.1. The van der Waals surface area contributed by atoms with Crippen LogP contribution in [0.25, 0.3) is 0 Å². The van der Waals surface area contributed by atoms with Crippen molar-refractivity contribution in [3.8, 4) is 0 Å². The number of esters is 1. The van der Waals surface area contributed by atoms with Gasteiger partial charge in [-0.1, -0.05) is 102 Å². The zero-order valence-electron chi connectivity index (χ0n) is 47.4. The molecule has 1 heterocycles. The lowest BCUT2D eigenvalue weighted by Crippen LogP contribution is -2.56. The number of nitrogens with one attached hydrogen (secondary N) is 5. The Balaban J connectivity index is 4.04. The molecule has 0 aromatic carbocycles. The molecule has 5 amide bonds. The lowest BCUT2D eigenvalue weighted by Gasteiger charge is -2.30. The van der Waals surface area contributed by atoms with Crippen LogP contribution in [0, 0.1) is 59.2 Å². The van der Waals surface area contributed by atoms with E-state index in [9.17, 15) is 53.1 Å². The largest absolute Gasteiger partial charge is 0.460 e. The minimum atomic E-state index is -1.57. The number of Topliss-reactive ketones (excluding diaryl/α,β-unsaturated/α-hetero) is 4. The van der Waals surface area contributed by atoms with E-state index < -0.39 is 143 Å². The maximum absolute atomic E-state index is 14.3. The molecule has 11 unspecified atom stereocenters. The summed E-state index contributed by atoms with van der Waals surface area (Å²) in [5.74, 6) is -12.0. The number of nitrogens with two attached hydrogens (primary N) is 3. The molecule has 13 atom stereocenters. The molecule has 0 aromatic heterocycles. The minimum absolute atomic E-state index is 0.0141. The van der Waals surface area contributed by atoms with Gasteiger partial charge in [-0.15, -0.1) is 0 Å². The maximum atomic E-state index is 14.3. The van der Waals surface area contributed by atoms with Crippen LogP contribution in [0.5, 0.6) is 0 Å². The fourth-order valence-electron chi connectivity index (χ4n) is 9.38. The van der Waals surface area contributed by atoms with Gasteiger partial charge in [-0.05, 0) is 87.2 Å².